The lowest BCUT2D eigenvalue weighted by atomic mass is 10.0. The summed E-state index contributed by atoms with van der Waals surface area (Å²) >= 11 is 3.58. The number of nitrogens with zero attached hydrogens (tertiary/aromatic N) is 4. The first-order chi connectivity index (χ1) is 9.04. The lowest BCUT2D eigenvalue weighted by Gasteiger charge is -2.32. The molecule has 0 radical (unpaired) electrons. The van der Waals surface area contributed by atoms with E-state index in [1.165, 1.54) is 6.42 Å². The van der Waals surface area contributed by atoms with Gasteiger partial charge in [0.25, 0.3) is 0 Å². The predicted octanol–water partition coefficient (Wildman–Crippen LogP) is 1.30. The van der Waals surface area contributed by atoms with E-state index in [0.29, 0.717) is 6.04 Å². The molecule has 2 heterocycles. The van der Waals surface area contributed by atoms with Crippen LogP contribution in [0, 0.1) is 0 Å². The van der Waals surface area contributed by atoms with E-state index in [9.17, 15) is 0 Å². The molecule has 2 unspecified atom stereocenters. The molecule has 2 rings (SSSR count). The van der Waals surface area contributed by atoms with Crippen molar-refractivity contribution in [2.75, 3.05) is 33.7 Å². The Morgan fingerprint density at radius 1 is 1.47 bits per heavy atom. The monoisotopic (exact) mass is 329 g/mol. The second kappa shape index (κ2) is 6.35. The molecule has 1 aliphatic heterocycles. The summed E-state index contributed by atoms with van der Waals surface area (Å²) in [7, 11) is 4.34. The zero-order valence-electron chi connectivity index (χ0n) is 12.0. The van der Waals surface area contributed by atoms with Crippen molar-refractivity contribution in [2.45, 2.75) is 32.0 Å². The van der Waals surface area contributed by atoms with Gasteiger partial charge in [0, 0.05) is 19.1 Å². The van der Waals surface area contributed by atoms with Crippen LogP contribution in [0.25, 0.3) is 0 Å². The lowest BCUT2D eigenvalue weighted by molar-refractivity contribution is 0.192. The number of likely N-dealkylation sites (N-methyl/N-ethyl adjacent to an activating group) is 2. The highest BCUT2D eigenvalue weighted by Gasteiger charge is 2.30. The zero-order valence-corrected chi connectivity index (χ0v) is 13.6. The zero-order chi connectivity index (χ0) is 14.0. The average Bonchev–Trinajstić information content (AvgIpc) is 2.67. The normalized spacial score (nSPS) is 24.4. The predicted molar refractivity (Wildman–Crippen MR) is 81.1 cm³/mol. The summed E-state index contributed by atoms with van der Waals surface area (Å²) in [4.78, 5) is 4.75. The van der Waals surface area contributed by atoms with Gasteiger partial charge in [-0.15, -0.1) is 0 Å². The van der Waals surface area contributed by atoms with E-state index in [1.807, 2.05) is 10.9 Å². The Balaban J connectivity index is 2.25. The first-order valence-corrected chi connectivity index (χ1v) is 7.69. The van der Waals surface area contributed by atoms with Gasteiger partial charge in [0.05, 0.1) is 22.4 Å². The van der Waals surface area contributed by atoms with Gasteiger partial charge in [-0.3, -0.25) is 4.68 Å². The van der Waals surface area contributed by atoms with Gasteiger partial charge in [0.1, 0.15) is 0 Å². The average molecular weight is 330 g/mol. The Labute approximate surface area is 123 Å². The van der Waals surface area contributed by atoms with Crippen molar-refractivity contribution >= 4 is 15.9 Å². The fraction of sp³-hybridized carbons (Fsp3) is 0.769. The SMILES string of the molecule is CCn1ncc(Br)c1C(N)C1CN(C)CCCN1C. The molecule has 0 bridgehead atoms. The molecule has 2 N–H and O–H groups in total. The Kier molecular flexibility index (Phi) is 5.00. The summed E-state index contributed by atoms with van der Waals surface area (Å²) < 4.78 is 3.01. The topological polar surface area (TPSA) is 50.3 Å². The summed E-state index contributed by atoms with van der Waals surface area (Å²) in [6, 6.07) is 0.299. The van der Waals surface area contributed by atoms with Gasteiger partial charge >= 0.3 is 0 Å². The molecule has 1 saturated heterocycles. The number of aromatic nitrogens is 2. The van der Waals surface area contributed by atoms with Crippen LogP contribution >= 0.6 is 15.9 Å². The molecular weight excluding hydrogens is 306 g/mol. The molecule has 1 aliphatic rings. The molecule has 1 aromatic heterocycles. The summed E-state index contributed by atoms with van der Waals surface area (Å²) in [6.45, 7) is 6.18. The third-order valence-electron chi connectivity index (χ3n) is 3.98. The second-order valence-corrected chi connectivity index (χ2v) is 6.24. The van der Waals surface area contributed by atoms with Crippen molar-refractivity contribution < 1.29 is 0 Å². The van der Waals surface area contributed by atoms with E-state index >= 15 is 0 Å². The highest BCUT2D eigenvalue weighted by Crippen LogP contribution is 2.27. The number of halogens is 1. The molecule has 2 atom stereocenters. The number of aryl methyl sites for hydroxylation is 1. The van der Waals surface area contributed by atoms with Crippen molar-refractivity contribution in [3.63, 3.8) is 0 Å². The van der Waals surface area contributed by atoms with Gasteiger partial charge in [0.15, 0.2) is 0 Å². The Bertz CT molecular complexity index is 419. The second-order valence-electron chi connectivity index (χ2n) is 5.38. The minimum Gasteiger partial charge on any atom is -0.321 e. The van der Waals surface area contributed by atoms with E-state index in [4.69, 9.17) is 5.73 Å². The molecule has 0 amide bonds. The molecule has 0 spiro atoms. The van der Waals surface area contributed by atoms with Crippen LogP contribution in [0.5, 0.6) is 0 Å². The molecule has 5 nitrogen and oxygen atoms in total. The highest BCUT2D eigenvalue weighted by atomic mass is 79.9. The smallest absolute Gasteiger partial charge is 0.0709 e. The van der Waals surface area contributed by atoms with Crippen LogP contribution in [0.15, 0.2) is 10.7 Å². The standard InChI is InChI=1S/C13H24BrN5/c1-4-19-13(10(14)8-16-19)12(15)11-9-17(2)6-5-7-18(11)3/h8,11-12H,4-7,9,15H2,1-3H3. The van der Waals surface area contributed by atoms with Crippen molar-refractivity contribution in [3.05, 3.63) is 16.4 Å². The third kappa shape index (κ3) is 3.18. The van der Waals surface area contributed by atoms with Gasteiger partial charge in [-0.25, -0.2) is 0 Å². The summed E-state index contributed by atoms with van der Waals surface area (Å²) in [5.74, 6) is 0. The maximum absolute atomic E-state index is 6.55. The van der Waals surface area contributed by atoms with E-state index in [0.717, 1.165) is 36.3 Å². The molecule has 108 valence electrons. The fourth-order valence-electron chi connectivity index (χ4n) is 2.83. The van der Waals surface area contributed by atoms with E-state index in [1.54, 1.807) is 0 Å². The fourth-order valence-corrected chi connectivity index (χ4v) is 3.39. The van der Waals surface area contributed by atoms with Gasteiger partial charge in [-0.1, -0.05) is 0 Å². The number of rotatable bonds is 3. The first-order valence-electron chi connectivity index (χ1n) is 6.90. The number of hydrogen-bond acceptors (Lipinski definition) is 4. The van der Waals surface area contributed by atoms with Gasteiger partial charge < -0.3 is 15.5 Å². The van der Waals surface area contributed by atoms with Crippen LogP contribution in [0.2, 0.25) is 0 Å². The minimum atomic E-state index is -0.0256. The lowest BCUT2D eigenvalue weighted by Crippen LogP contribution is -2.46. The van der Waals surface area contributed by atoms with E-state index < -0.39 is 0 Å². The summed E-state index contributed by atoms with van der Waals surface area (Å²) in [5, 5.41) is 4.38. The molecular formula is C13H24BrN5. The maximum atomic E-state index is 6.55. The highest BCUT2D eigenvalue weighted by molar-refractivity contribution is 9.10. The van der Waals surface area contributed by atoms with Crippen molar-refractivity contribution in [3.8, 4) is 0 Å². The van der Waals surface area contributed by atoms with Crippen LogP contribution in [-0.4, -0.2) is 59.4 Å². The number of hydrogen-bond donors (Lipinski definition) is 1. The molecule has 0 aromatic carbocycles. The first kappa shape index (κ1) is 15.0. The Hall–Kier alpha value is -0.430. The van der Waals surface area contributed by atoms with Crippen LogP contribution in [0.1, 0.15) is 25.1 Å². The molecule has 19 heavy (non-hydrogen) atoms. The third-order valence-corrected chi connectivity index (χ3v) is 4.59. The molecule has 0 saturated carbocycles. The van der Waals surface area contributed by atoms with Crippen LogP contribution in [0.3, 0.4) is 0 Å². The molecule has 6 heteroatoms. The quantitative estimate of drug-likeness (QED) is 0.908. The molecule has 1 aromatic rings. The minimum absolute atomic E-state index is 0.0256. The van der Waals surface area contributed by atoms with Crippen molar-refractivity contribution in [2.24, 2.45) is 5.73 Å². The van der Waals surface area contributed by atoms with Gasteiger partial charge in [0.2, 0.25) is 0 Å². The van der Waals surface area contributed by atoms with E-state index in [2.05, 4.69) is 51.8 Å². The molecule has 0 aliphatic carbocycles. The molecule has 1 fully saturated rings. The van der Waals surface area contributed by atoms with Crippen LogP contribution < -0.4 is 5.73 Å². The Morgan fingerprint density at radius 3 is 2.89 bits per heavy atom. The van der Waals surface area contributed by atoms with Gasteiger partial charge in [-0.2, -0.15) is 5.10 Å². The van der Waals surface area contributed by atoms with E-state index in [-0.39, 0.29) is 6.04 Å². The summed E-state index contributed by atoms with van der Waals surface area (Å²) in [5.41, 5.74) is 7.66. The van der Waals surface area contributed by atoms with Gasteiger partial charge in [-0.05, 0) is 56.5 Å². The number of nitrogens with two attached hydrogens (primary N) is 1. The van der Waals surface area contributed by atoms with Crippen molar-refractivity contribution in [1.29, 1.82) is 0 Å². The Morgan fingerprint density at radius 2 is 2.21 bits per heavy atom. The van der Waals surface area contributed by atoms with Crippen LogP contribution in [-0.2, 0) is 6.54 Å². The summed E-state index contributed by atoms with van der Waals surface area (Å²) in [6.07, 6.45) is 3.05. The maximum Gasteiger partial charge on any atom is 0.0709 e. The van der Waals surface area contributed by atoms with Crippen LogP contribution in [0.4, 0.5) is 0 Å². The largest absolute Gasteiger partial charge is 0.321 e. The van der Waals surface area contributed by atoms with Crippen molar-refractivity contribution in [1.82, 2.24) is 19.6 Å².